The maximum Gasteiger partial charge on any atom is 0.167 e. The second-order valence-electron chi connectivity index (χ2n) is 6.38. The Kier molecular flexibility index (Phi) is 4.87. The number of aryl methyl sites for hydroxylation is 2. The first-order valence-corrected chi connectivity index (χ1v) is 8.31. The maximum absolute atomic E-state index is 4.47. The largest absolute Gasteiger partial charge is 0.337 e. The number of likely N-dealkylation sites (tertiary alicyclic amines) is 1. The van der Waals surface area contributed by atoms with E-state index in [1.807, 2.05) is 25.6 Å². The van der Waals surface area contributed by atoms with Crippen LogP contribution >= 0.6 is 0 Å². The Morgan fingerprint density at radius 3 is 2.82 bits per heavy atom. The molecule has 2 aromatic heterocycles. The van der Waals surface area contributed by atoms with Crippen LogP contribution in [0.1, 0.15) is 50.3 Å². The number of H-pyrrole nitrogens is 1. The zero-order valence-electron chi connectivity index (χ0n) is 13.6. The lowest BCUT2D eigenvalue weighted by Gasteiger charge is -2.35. The molecule has 22 heavy (non-hydrogen) atoms. The molecule has 1 aliphatic heterocycles. The smallest absolute Gasteiger partial charge is 0.167 e. The van der Waals surface area contributed by atoms with Crippen molar-refractivity contribution >= 4 is 0 Å². The molecule has 0 saturated carbocycles. The van der Waals surface area contributed by atoms with Crippen molar-refractivity contribution in [1.82, 2.24) is 29.6 Å². The molecular weight excluding hydrogens is 276 g/mol. The van der Waals surface area contributed by atoms with Crippen LogP contribution in [0.2, 0.25) is 0 Å². The van der Waals surface area contributed by atoms with Gasteiger partial charge in [-0.1, -0.05) is 0 Å². The third-order valence-electron chi connectivity index (χ3n) is 4.77. The lowest BCUT2D eigenvalue weighted by molar-refractivity contribution is 0.131. The van der Waals surface area contributed by atoms with Gasteiger partial charge >= 0.3 is 0 Å². The van der Waals surface area contributed by atoms with E-state index in [-0.39, 0.29) is 0 Å². The highest BCUT2D eigenvalue weighted by atomic mass is 15.3. The predicted octanol–water partition coefficient (Wildman–Crippen LogP) is 2.56. The summed E-state index contributed by atoms with van der Waals surface area (Å²) in [4.78, 5) is 11.1. The Balaban J connectivity index is 1.40. The minimum atomic E-state index is 0.317. The summed E-state index contributed by atoms with van der Waals surface area (Å²) >= 11 is 0. The Morgan fingerprint density at radius 2 is 2.18 bits per heavy atom. The van der Waals surface area contributed by atoms with Crippen molar-refractivity contribution in [2.45, 2.75) is 52.1 Å². The second-order valence-corrected chi connectivity index (χ2v) is 6.38. The van der Waals surface area contributed by atoms with E-state index in [0.717, 1.165) is 37.2 Å². The van der Waals surface area contributed by atoms with Crippen LogP contribution in [-0.2, 0) is 6.54 Å². The van der Waals surface area contributed by atoms with Crippen LogP contribution in [0.5, 0.6) is 0 Å². The van der Waals surface area contributed by atoms with Crippen molar-refractivity contribution in [2.75, 3.05) is 13.1 Å². The summed E-state index contributed by atoms with van der Waals surface area (Å²) in [6, 6.07) is 0.317. The first-order valence-electron chi connectivity index (χ1n) is 8.31. The van der Waals surface area contributed by atoms with Gasteiger partial charge in [0.05, 0.1) is 12.4 Å². The second kappa shape index (κ2) is 7.05. The van der Waals surface area contributed by atoms with Gasteiger partial charge in [0.2, 0.25) is 0 Å². The normalized spacial score (nSPS) is 18.6. The molecule has 1 N–H and O–H groups in total. The summed E-state index contributed by atoms with van der Waals surface area (Å²) in [7, 11) is 0. The lowest BCUT2D eigenvalue weighted by atomic mass is 9.91. The van der Waals surface area contributed by atoms with Crippen LogP contribution in [0.15, 0.2) is 18.7 Å². The standard InChI is InChI=1S/C16H26N6/c1-13(16-18-14(2)19-20-16)22-9-5-15(6-10-22)4-3-8-21-11-7-17-12-21/h7,11-13,15H,3-6,8-10H2,1-2H3,(H,18,19,20). The van der Waals surface area contributed by atoms with Crippen LogP contribution in [0.4, 0.5) is 0 Å². The molecule has 1 saturated heterocycles. The SMILES string of the molecule is Cc1nc(C(C)N2CCC(CCCn3ccnc3)CC2)n[nH]1. The third kappa shape index (κ3) is 3.74. The molecule has 1 fully saturated rings. The molecule has 1 atom stereocenters. The van der Waals surface area contributed by atoms with Crippen molar-refractivity contribution < 1.29 is 0 Å². The van der Waals surface area contributed by atoms with Crippen LogP contribution in [0.25, 0.3) is 0 Å². The fourth-order valence-corrected chi connectivity index (χ4v) is 3.32. The summed E-state index contributed by atoms with van der Waals surface area (Å²) in [5.74, 6) is 2.69. The van der Waals surface area contributed by atoms with Gasteiger partial charge in [-0.25, -0.2) is 9.97 Å². The molecule has 6 nitrogen and oxygen atoms in total. The molecule has 2 aromatic rings. The van der Waals surface area contributed by atoms with Gasteiger partial charge in [0.1, 0.15) is 5.82 Å². The molecule has 0 spiro atoms. The lowest BCUT2D eigenvalue weighted by Crippen LogP contribution is -2.36. The van der Waals surface area contributed by atoms with Crippen LogP contribution in [0.3, 0.4) is 0 Å². The molecule has 0 aliphatic carbocycles. The highest BCUT2D eigenvalue weighted by molar-refractivity contribution is 4.95. The number of hydrogen-bond donors (Lipinski definition) is 1. The number of aromatic nitrogens is 5. The van der Waals surface area contributed by atoms with Gasteiger partial charge in [0.25, 0.3) is 0 Å². The van der Waals surface area contributed by atoms with Gasteiger partial charge in [-0.3, -0.25) is 10.00 Å². The number of piperidine rings is 1. The minimum absolute atomic E-state index is 0.317. The molecule has 1 unspecified atom stereocenters. The van der Waals surface area contributed by atoms with Gasteiger partial charge in [-0.15, -0.1) is 0 Å². The summed E-state index contributed by atoms with van der Waals surface area (Å²) in [5.41, 5.74) is 0. The fourth-order valence-electron chi connectivity index (χ4n) is 3.32. The zero-order chi connectivity index (χ0) is 15.4. The Hall–Kier alpha value is -1.69. The molecule has 0 bridgehead atoms. The number of nitrogens with zero attached hydrogens (tertiary/aromatic N) is 5. The minimum Gasteiger partial charge on any atom is -0.337 e. The fraction of sp³-hybridized carbons (Fsp3) is 0.688. The van der Waals surface area contributed by atoms with Crippen molar-refractivity contribution in [3.8, 4) is 0 Å². The van der Waals surface area contributed by atoms with Crippen LogP contribution in [0, 0.1) is 12.8 Å². The number of rotatable bonds is 6. The summed E-state index contributed by atoms with van der Waals surface area (Å²) in [5, 5.41) is 7.24. The van der Waals surface area contributed by atoms with Gasteiger partial charge in [0.15, 0.2) is 5.82 Å². The highest BCUT2D eigenvalue weighted by Gasteiger charge is 2.25. The van der Waals surface area contributed by atoms with E-state index in [9.17, 15) is 0 Å². The third-order valence-corrected chi connectivity index (χ3v) is 4.77. The quantitative estimate of drug-likeness (QED) is 0.891. The van der Waals surface area contributed by atoms with E-state index in [2.05, 4.69) is 36.6 Å². The molecule has 0 aromatic carbocycles. The average molecular weight is 302 g/mol. The van der Waals surface area contributed by atoms with E-state index in [1.165, 1.54) is 25.7 Å². The van der Waals surface area contributed by atoms with Crippen molar-refractivity contribution in [3.05, 3.63) is 30.4 Å². The maximum atomic E-state index is 4.47. The number of aromatic amines is 1. The van der Waals surface area contributed by atoms with E-state index < -0.39 is 0 Å². The molecule has 1 aliphatic rings. The molecule has 3 heterocycles. The Bertz CT molecular complexity index is 553. The van der Waals surface area contributed by atoms with Gasteiger partial charge in [0, 0.05) is 18.9 Å². The van der Waals surface area contributed by atoms with Gasteiger partial charge in [-0.2, -0.15) is 5.10 Å². The highest BCUT2D eigenvalue weighted by Crippen LogP contribution is 2.27. The zero-order valence-corrected chi connectivity index (χ0v) is 13.6. The molecule has 6 heteroatoms. The first-order chi connectivity index (χ1) is 10.7. The number of imidazole rings is 1. The van der Waals surface area contributed by atoms with E-state index in [1.54, 1.807) is 0 Å². The van der Waals surface area contributed by atoms with Gasteiger partial charge in [-0.05, 0) is 58.5 Å². The van der Waals surface area contributed by atoms with Crippen LogP contribution < -0.4 is 0 Å². The topological polar surface area (TPSA) is 62.6 Å². The number of nitrogens with one attached hydrogen (secondary N) is 1. The summed E-state index contributed by atoms with van der Waals surface area (Å²) in [6.45, 7) is 7.57. The van der Waals surface area contributed by atoms with Crippen LogP contribution in [-0.4, -0.2) is 42.7 Å². The van der Waals surface area contributed by atoms with E-state index in [0.29, 0.717) is 6.04 Å². The van der Waals surface area contributed by atoms with Crippen molar-refractivity contribution in [2.24, 2.45) is 5.92 Å². The molecule has 0 radical (unpaired) electrons. The molecule has 0 amide bonds. The monoisotopic (exact) mass is 302 g/mol. The Morgan fingerprint density at radius 1 is 1.36 bits per heavy atom. The predicted molar refractivity (Wildman–Crippen MR) is 85.3 cm³/mol. The number of hydrogen-bond acceptors (Lipinski definition) is 4. The van der Waals surface area contributed by atoms with Crippen molar-refractivity contribution in [1.29, 1.82) is 0 Å². The van der Waals surface area contributed by atoms with Crippen molar-refractivity contribution in [3.63, 3.8) is 0 Å². The Labute approximate surface area is 132 Å². The van der Waals surface area contributed by atoms with Gasteiger partial charge < -0.3 is 4.57 Å². The van der Waals surface area contributed by atoms with E-state index >= 15 is 0 Å². The average Bonchev–Trinajstić information content (AvgIpc) is 3.19. The molecule has 3 rings (SSSR count). The van der Waals surface area contributed by atoms with E-state index in [4.69, 9.17) is 0 Å². The first kappa shape index (κ1) is 15.2. The summed E-state index contributed by atoms with van der Waals surface area (Å²) in [6.07, 6.45) is 10.9. The molecular formula is C16H26N6. The summed E-state index contributed by atoms with van der Waals surface area (Å²) < 4.78 is 2.17. The molecule has 120 valence electrons.